The monoisotopic (exact) mass is 210 g/mol. The summed E-state index contributed by atoms with van der Waals surface area (Å²) in [5.74, 6) is 0.332. The van der Waals surface area contributed by atoms with Gasteiger partial charge in [0.05, 0.1) is 0 Å². The molecule has 0 aromatic heterocycles. The molecule has 1 unspecified atom stereocenters. The summed E-state index contributed by atoms with van der Waals surface area (Å²) in [7, 11) is 0. The van der Waals surface area contributed by atoms with Crippen molar-refractivity contribution in [1.82, 2.24) is 10.6 Å². The van der Waals surface area contributed by atoms with Gasteiger partial charge in [0, 0.05) is 19.0 Å². The number of hydrogen-bond donors (Lipinski definition) is 2. The van der Waals surface area contributed by atoms with Crippen LogP contribution in [0.5, 0.6) is 0 Å². The molecule has 1 heterocycles. The highest BCUT2D eigenvalue weighted by Gasteiger charge is 2.09. The van der Waals surface area contributed by atoms with Gasteiger partial charge in [0.15, 0.2) is 0 Å². The number of hydrogen-bond acceptors (Lipinski definition) is 2. The van der Waals surface area contributed by atoms with Crippen LogP contribution in [0.1, 0.15) is 33.1 Å². The standard InChI is InChI=1S/C12H22N2O/c1-3-10(2)12(15)14-9-6-11-4-7-13-8-5-11/h4,10,13H,3,5-9H2,1-2H3,(H,14,15). The van der Waals surface area contributed by atoms with E-state index in [9.17, 15) is 4.79 Å². The van der Waals surface area contributed by atoms with Crippen LogP contribution in [-0.4, -0.2) is 25.5 Å². The zero-order chi connectivity index (χ0) is 11.1. The molecule has 1 aliphatic heterocycles. The summed E-state index contributed by atoms with van der Waals surface area (Å²) in [4.78, 5) is 11.5. The van der Waals surface area contributed by atoms with E-state index in [4.69, 9.17) is 0 Å². The van der Waals surface area contributed by atoms with Crippen molar-refractivity contribution in [2.45, 2.75) is 33.1 Å². The second-order valence-electron chi connectivity index (χ2n) is 4.17. The lowest BCUT2D eigenvalue weighted by molar-refractivity contribution is -0.124. The molecule has 0 spiro atoms. The van der Waals surface area contributed by atoms with E-state index in [0.717, 1.165) is 38.9 Å². The van der Waals surface area contributed by atoms with Crippen molar-refractivity contribution in [1.29, 1.82) is 0 Å². The van der Waals surface area contributed by atoms with Gasteiger partial charge < -0.3 is 10.6 Å². The fourth-order valence-corrected chi connectivity index (χ4v) is 1.60. The number of amides is 1. The third-order valence-corrected chi connectivity index (χ3v) is 2.96. The first-order valence-corrected chi connectivity index (χ1v) is 5.90. The summed E-state index contributed by atoms with van der Waals surface area (Å²) in [6.07, 6.45) is 5.28. The van der Waals surface area contributed by atoms with Gasteiger partial charge in [-0.1, -0.05) is 25.5 Å². The van der Waals surface area contributed by atoms with Gasteiger partial charge in [-0.2, -0.15) is 0 Å². The van der Waals surface area contributed by atoms with E-state index in [0.29, 0.717) is 0 Å². The van der Waals surface area contributed by atoms with Crippen LogP contribution in [0.25, 0.3) is 0 Å². The lowest BCUT2D eigenvalue weighted by Crippen LogP contribution is -2.30. The minimum Gasteiger partial charge on any atom is -0.356 e. The van der Waals surface area contributed by atoms with Crippen LogP contribution >= 0.6 is 0 Å². The molecular weight excluding hydrogens is 188 g/mol. The summed E-state index contributed by atoms with van der Waals surface area (Å²) < 4.78 is 0. The van der Waals surface area contributed by atoms with Crippen molar-refractivity contribution < 1.29 is 4.79 Å². The molecule has 86 valence electrons. The van der Waals surface area contributed by atoms with Crippen LogP contribution in [-0.2, 0) is 4.79 Å². The molecule has 0 aliphatic carbocycles. The normalized spacial score (nSPS) is 18.1. The third-order valence-electron chi connectivity index (χ3n) is 2.96. The molecule has 3 heteroatoms. The fourth-order valence-electron chi connectivity index (χ4n) is 1.60. The summed E-state index contributed by atoms with van der Waals surface area (Å²) in [5, 5.41) is 6.26. The molecule has 0 radical (unpaired) electrons. The van der Waals surface area contributed by atoms with Crippen LogP contribution in [0.3, 0.4) is 0 Å². The maximum absolute atomic E-state index is 11.5. The molecule has 0 fully saturated rings. The van der Waals surface area contributed by atoms with Crippen molar-refractivity contribution >= 4 is 5.91 Å². The zero-order valence-corrected chi connectivity index (χ0v) is 9.81. The quantitative estimate of drug-likeness (QED) is 0.674. The van der Waals surface area contributed by atoms with E-state index in [-0.39, 0.29) is 11.8 Å². The molecule has 3 nitrogen and oxygen atoms in total. The maximum Gasteiger partial charge on any atom is 0.222 e. The summed E-state index contributed by atoms with van der Waals surface area (Å²) in [5.41, 5.74) is 1.47. The average Bonchev–Trinajstić information content (AvgIpc) is 2.29. The highest BCUT2D eigenvalue weighted by Crippen LogP contribution is 2.08. The second-order valence-corrected chi connectivity index (χ2v) is 4.17. The average molecular weight is 210 g/mol. The molecule has 15 heavy (non-hydrogen) atoms. The van der Waals surface area contributed by atoms with Gasteiger partial charge in [-0.25, -0.2) is 0 Å². The first kappa shape index (κ1) is 12.2. The van der Waals surface area contributed by atoms with Crippen molar-refractivity contribution in [3.8, 4) is 0 Å². The highest BCUT2D eigenvalue weighted by molar-refractivity contribution is 5.78. The minimum absolute atomic E-state index is 0.145. The van der Waals surface area contributed by atoms with Crippen LogP contribution in [0.4, 0.5) is 0 Å². The molecule has 2 N–H and O–H groups in total. The smallest absolute Gasteiger partial charge is 0.222 e. The summed E-state index contributed by atoms with van der Waals surface area (Å²) in [6, 6.07) is 0. The molecular formula is C12H22N2O. The van der Waals surface area contributed by atoms with Crippen molar-refractivity contribution in [2.24, 2.45) is 5.92 Å². The second kappa shape index (κ2) is 6.62. The molecule has 1 amide bonds. The first-order valence-electron chi connectivity index (χ1n) is 5.90. The Morgan fingerprint density at radius 1 is 1.67 bits per heavy atom. The van der Waals surface area contributed by atoms with Gasteiger partial charge in [-0.15, -0.1) is 0 Å². The van der Waals surface area contributed by atoms with E-state index in [1.54, 1.807) is 0 Å². The predicted molar refractivity (Wildman–Crippen MR) is 62.7 cm³/mol. The Morgan fingerprint density at radius 3 is 3.07 bits per heavy atom. The number of nitrogens with one attached hydrogen (secondary N) is 2. The Labute approximate surface area is 92.3 Å². The van der Waals surface area contributed by atoms with Crippen LogP contribution in [0, 0.1) is 5.92 Å². The van der Waals surface area contributed by atoms with Crippen molar-refractivity contribution in [3.63, 3.8) is 0 Å². The lowest BCUT2D eigenvalue weighted by atomic mass is 10.1. The molecule has 1 aliphatic rings. The van der Waals surface area contributed by atoms with E-state index >= 15 is 0 Å². The van der Waals surface area contributed by atoms with Gasteiger partial charge in [0.1, 0.15) is 0 Å². The maximum atomic E-state index is 11.5. The predicted octanol–water partition coefficient (Wildman–Crippen LogP) is 1.46. The lowest BCUT2D eigenvalue weighted by Gasteiger charge is -2.15. The Kier molecular flexibility index (Phi) is 5.40. The Hall–Kier alpha value is -0.830. The fraction of sp³-hybridized carbons (Fsp3) is 0.750. The van der Waals surface area contributed by atoms with Crippen LogP contribution in [0.15, 0.2) is 11.6 Å². The highest BCUT2D eigenvalue weighted by atomic mass is 16.1. The van der Waals surface area contributed by atoms with E-state index in [1.165, 1.54) is 5.57 Å². The minimum atomic E-state index is 0.145. The number of carbonyl (C=O) groups excluding carboxylic acids is 1. The molecule has 0 bridgehead atoms. The number of rotatable bonds is 5. The molecule has 1 atom stereocenters. The Morgan fingerprint density at radius 2 is 2.47 bits per heavy atom. The van der Waals surface area contributed by atoms with Crippen LogP contribution in [0.2, 0.25) is 0 Å². The Balaban J connectivity index is 2.15. The topological polar surface area (TPSA) is 41.1 Å². The SMILES string of the molecule is CCC(C)C(=O)NCCC1=CCNCC1. The summed E-state index contributed by atoms with van der Waals surface area (Å²) >= 11 is 0. The Bertz CT molecular complexity index is 236. The zero-order valence-electron chi connectivity index (χ0n) is 9.81. The molecule has 0 aromatic rings. The van der Waals surface area contributed by atoms with Gasteiger partial charge >= 0.3 is 0 Å². The van der Waals surface area contributed by atoms with E-state index < -0.39 is 0 Å². The van der Waals surface area contributed by atoms with Gasteiger partial charge in [-0.3, -0.25) is 4.79 Å². The molecule has 0 aromatic carbocycles. The van der Waals surface area contributed by atoms with E-state index in [1.807, 2.05) is 13.8 Å². The summed E-state index contributed by atoms with van der Waals surface area (Å²) in [6.45, 7) is 6.85. The van der Waals surface area contributed by atoms with Crippen LogP contribution < -0.4 is 10.6 Å². The first-order chi connectivity index (χ1) is 7.24. The van der Waals surface area contributed by atoms with Gasteiger partial charge in [0.2, 0.25) is 5.91 Å². The van der Waals surface area contributed by atoms with Gasteiger partial charge in [0.25, 0.3) is 0 Å². The van der Waals surface area contributed by atoms with Crippen molar-refractivity contribution in [2.75, 3.05) is 19.6 Å². The third kappa shape index (κ3) is 4.47. The molecule has 1 rings (SSSR count). The van der Waals surface area contributed by atoms with Crippen molar-refractivity contribution in [3.05, 3.63) is 11.6 Å². The largest absolute Gasteiger partial charge is 0.356 e. The van der Waals surface area contributed by atoms with E-state index in [2.05, 4.69) is 16.7 Å². The molecule has 0 saturated carbocycles. The van der Waals surface area contributed by atoms with Gasteiger partial charge in [-0.05, 0) is 25.8 Å². The number of carbonyl (C=O) groups is 1. The molecule has 0 saturated heterocycles.